The lowest BCUT2D eigenvalue weighted by atomic mass is 9.93. The zero-order valence-electron chi connectivity index (χ0n) is 11.9. The lowest BCUT2D eigenvalue weighted by molar-refractivity contribution is 0.407. The summed E-state index contributed by atoms with van der Waals surface area (Å²) in [5, 5.41) is 0. The van der Waals surface area contributed by atoms with Gasteiger partial charge in [-0.25, -0.2) is 0 Å². The minimum absolute atomic E-state index is 0.197. The first kappa shape index (κ1) is 13.6. The van der Waals surface area contributed by atoms with Gasteiger partial charge >= 0.3 is 0 Å². The van der Waals surface area contributed by atoms with Crippen molar-refractivity contribution in [3.8, 4) is 5.75 Å². The minimum Gasteiger partial charge on any atom is -0.496 e. The smallest absolute Gasteiger partial charge is 0.124 e. The summed E-state index contributed by atoms with van der Waals surface area (Å²) >= 11 is 0. The Balaban J connectivity index is 2.52. The van der Waals surface area contributed by atoms with Gasteiger partial charge in [-0.15, -0.1) is 0 Å². The second-order valence-corrected chi connectivity index (χ2v) is 4.91. The van der Waals surface area contributed by atoms with Crippen LogP contribution >= 0.6 is 0 Å². The summed E-state index contributed by atoms with van der Waals surface area (Å²) in [5.41, 5.74) is 11.8. The highest BCUT2D eigenvalue weighted by molar-refractivity contribution is 5.48. The Kier molecular flexibility index (Phi) is 3.86. The number of benzene rings is 1. The Bertz CT molecular complexity index is 593. The molecular formula is C16H20N2O. The molecule has 0 radical (unpaired) electrons. The summed E-state index contributed by atoms with van der Waals surface area (Å²) in [6.07, 6.45) is 1.79. The van der Waals surface area contributed by atoms with Crippen molar-refractivity contribution in [2.24, 2.45) is 5.73 Å². The molecule has 2 rings (SSSR count). The van der Waals surface area contributed by atoms with Gasteiger partial charge in [0.15, 0.2) is 0 Å². The number of hydrogen-bond acceptors (Lipinski definition) is 3. The third kappa shape index (κ3) is 2.76. The molecule has 19 heavy (non-hydrogen) atoms. The van der Waals surface area contributed by atoms with E-state index in [1.54, 1.807) is 13.3 Å². The summed E-state index contributed by atoms with van der Waals surface area (Å²) in [5.74, 6) is 0.847. The second-order valence-electron chi connectivity index (χ2n) is 4.91. The molecule has 1 atom stereocenters. The molecule has 3 nitrogen and oxygen atoms in total. The van der Waals surface area contributed by atoms with Crippen LogP contribution in [0.25, 0.3) is 0 Å². The Hall–Kier alpha value is -1.87. The van der Waals surface area contributed by atoms with E-state index in [0.29, 0.717) is 0 Å². The summed E-state index contributed by atoms with van der Waals surface area (Å²) in [6, 6.07) is 7.93. The lowest BCUT2D eigenvalue weighted by Crippen LogP contribution is -2.15. The predicted octanol–water partition coefficient (Wildman–Crippen LogP) is 3.06. The maximum atomic E-state index is 6.40. The van der Waals surface area contributed by atoms with Gasteiger partial charge in [0.2, 0.25) is 0 Å². The van der Waals surface area contributed by atoms with Crippen molar-refractivity contribution in [1.82, 2.24) is 4.98 Å². The van der Waals surface area contributed by atoms with Crippen molar-refractivity contribution in [1.29, 1.82) is 0 Å². The van der Waals surface area contributed by atoms with Gasteiger partial charge in [-0.3, -0.25) is 4.98 Å². The number of nitrogens with zero attached hydrogens (tertiary/aromatic N) is 1. The number of aromatic nitrogens is 1. The van der Waals surface area contributed by atoms with E-state index in [1.807, 2.05) is 25.1 Å². The number of pyridine rings is 1. The van der Waals surface area contributed by atoms with Crippen LogP contribution in [-0.2, 0) is 0 Å². The molecule has 3 heteroatoms. The van der Waals surface area contributed by atoms with Crippen molar-refractivity contribution in [3.63, 3.8) is 0 Å². The standard InChI is InChI=1S/C16H20N2O/c1-10-7-11(2)15(14(8-10)19-4)16(17)13-5-6-18-12(3)9-13/h5-9,16H,17H2,1-4H3. The van der Waals surface area contributed by atoms with Crippen molar-refractivity contribution < 1.29 is 4.74 Å². The van der Waals surface area contributed by atoms with Gasteiger partial charge in [-0.2, -0.15) is 0 Å². The third-order valence-corrected chi connectivity index (χ3v) is 3.30. The summed E-state index contributed by atoms with van der Waals surface area (Å²) < 4.78 is 5.48. The molecule has 0 spiro atoms. The van der Waals surface area contributed by atoms with E-state index in [1.165, 1.54) is 5.56 Å². The van der Waals surface area contributed by atoms with E-state index in [2.05, 4.69) is 24.9 Å². The molecule has 1 aromatic carbocycles. The fraction of sp³-hybridized carbons (Fsp3) is 0.312. The topological polar surface area (TPSA) is 48.1 Å². The van der Waals surface area contributed by atoms with Gasteiger partial charge in [-0.1, -0.05) is 6.07 Å². The average Bonchev–Trinajstić information content (AvgIpc) is 2.37. The highest BCUT2D eigenvalue weighted by Gasteiger charge is 2.17. The Morgan fingerprint density at radius 3 is 2.53 bits per heavy atom. The Labute approximate surface area is 114 Å². The molecule has 100 valence electrons. The summed E-state index contributed by atoms with van der Waals surface area (Å²) in [4.78, 5) is 4.21. The molecule has 2 N–H and O–H groups in total. The highest BCUT2D eigenvalue weighted by atomic mass is 16.5. The van der Waals surface area contributed by atoms with Crippen molar-refractivity contribution in [2.45, 2.75) is 26.8 Å². The van der Waals surface area contributed by atoms with Crippen molar-refractivity contribution in [2.75, 3.05) is 7.11 Å². The van der Waals surface area contributed by atoms with Gasteiger partial charge < -0.3 is 10.5 Å². The van der Waals surface area contributed by atoms with Crippen LogP contribution in [-0.4, -0.2) is 12.1 Å². The molecule has 0 saturated carbocycles. The first-order valence-electron chi connectivity index (χ1n) is 6.36. The normalized spacial score (nSPS) is 12.3. The maximum absolute atomic E-state index is 6.40. The molecule has 0 amide bonds. The predicted molar refractivity (Wildman–Crippen MR) is 77.5 cm³/mol. The third-order valence-electron chi connectivity index (χ3n) is 3.30. The van der Waals surface area contributed by atoms with Gasteiger partial charge in [-0.05, 0) is 55.7 Å². The van der Waals surface area contributed by atoms with Crippen LogP contribution in [0.1, 0.15) is 34.0 Å². The van der Waals surface area contributed by atoms with Gasteiger partial charge in [0, 0.05) is 17.5 Å². The quantitative estimate of drug-likeness (QED) is 0.918. The molecule has 2 aromatic rings. The first-order valence-corrected chi connectivity index (χ1v) is 6.36. The van der Waals surface area contributed by atoms with E-state index in [4.69, 9.17) is 10.5 Å². The number of methoxy groups -OCH3 is 1. The first-order chi connectivity index (χ1) is 9.02. The molecule has 1 aromatic heterocycles. The largest absolute Gasteiger partial charge is 0.496 e. The fourth-order valence-electron chi connectivity index (χ4n) is 2.43. The van der Waals surface area contributed by atoms with E-state index in [9.17, 15) is 0 Å². The average molecular weight is 256 g/mol. The molecular weight excluding hydrogens is 236 g/mol. The van der Waals surface area contributed by atoms with Crippen LogP contribution in [0.3, 0.4) is 0 Å². The molecule has 0 saturated heterocycles. The number of aryl methyl sites for hydroxylation is 3. The second kappa shape index (κ2) is 5.41. The van der Waals surface area contributed by atoms with Crippen LogP contribution in [0.4, 0.5) is 0 Å². The minimum atomic E-state index is -0.197. The van der Waals surface area contributed by atoms with Gasteiger partial charge in [0.1, 0.15) is 5.75 Å². The van der Waals surface area contributed by atoms with E-state index in [0.717, 1.165) is 28.1 Å². The van der Waals surface area contributed by atoms with Crippen LogP contribution in [0.15, 0.2) is 30.5 Å². The summed E-state index contributed by atoms with van der Waals surface area (Å²) in [7, 11) is 1.68. The van der Waals surface area contributed by atoms with E-state index < -0.39 is 0 Å². The van der Waals surface area contributed by atoms with E-state index in [-0.39, 0.29) is 6.04 Å². The molecule has 0 fully saturated rings. The summed E-state index contributed by atoms with van der Waals surface area (Å²) in [6.45, 7) is 6.09. The fourth-order valence-corrected chi connectivity index (χ4v) is 2.43. The van der Waals surface area contributed by atoms with Gasteiger partial charge in [0.05, 0.1) is 13.2 Å². The van der Waals surface area contributed by atoms with Crippen molar-refractivity contribution >= 4 is 0 Å². The Morgan fingerprint density at radius 1 is 1.16 bits per heavy atom. The number of nitrogens with two attached hydrogens (primary N) is 1. The number of ether oxygens (including phenoxy) is 1. The molecule has 0 bridgehead atoms. The molecule has 0 aliphatic heterocycles. The molecule has 0 aliphatic carbocycles. The van der Waals surface area contributed by atoms with E-state index >= 15 is 0 Å². The number of hydrogen-bond donors (Lipinski definition) is 1. The SMILES string of the molecule is COc1cc(C)cc(C)c1C(N)c1ccnc(C)c1. The zero-order valence-corrected chi connectivity index (χ0v) is 11.9. The molecule has 1 unspecified atom stereocenters. The monoisotopic (exact) mass is 256 g/mol. The lowest BCUT2D eigenvalue weighted by Gasteiger charge is -2.19. The van der Waals surface area contributed by atoms with Crippen molar-refractivity contribution in [3.05, 3.63) is 58.4 Å². The van der Waals surface area contributed by atoms with Crippen LogP contribution in [0.5, 0.6) is 5.75 Å². The van der Waals surface area contributed by atoms with Crippen LogP contribution < -0.4 is 10.5 Å². The zero-order chi connectivity index (χ0) is 14.0. The molecule has 1 heterocycles. The maximum Gasteiger partial charge on any atom is 0.124 e. The number of rotatable bonds is 3. The highest BCUT2D eigenvalue weighted by Crippen LogP contribution is 2.32. The molecule has 0 aliphatic rings. The Morgan fingerprint density at radius 2 is 1.89 bits per heavy atom. The van der Waals surface area contributed by atoms with Crippen LogP contribution in [0, 0.1) is 20.8 Å². The van der Waals surface area contributed by atoms with Gasteiger partial charge in [0.25, 0.3) is 0 Å². The van der Waals surface area contributed by atoms with Crippen LogP contribution in [0.2, 0.25) is 0 Å².